The molecule has 9 heteroatoms. The van der Waals surface area contributed by atoms with Crippen molar-refractivity contribution in [3.63, 3.8) is 0 Å². The minimum Gasteiger partial charge on any atom is -1.00 e. The summed E-state index contributed by atoms with van der Waals surface area (Å²) in [7, 11) is 11.1. The van der Waals surface area contributed by atoms with Gasteiger partial charge in [0.2, 0.25) is 5.96 Å². The van der Waals surface area contributed by atoms with E-state index < -0.39 is 0 Å². The van der Waals surface area contributed by atoms with Gasteiger partial charge in [-0.15, -0.1) is 0 Å². The summed E-state index contributed by atoms with van der Waals surface area (Å²) in [6.07, 6.45) is 8.39. The lowest BCUT2D eigenvalue weighted by Gasteiger charge is -2.38. The summed E-state index contributed by atoms with van der Waals surface area (Å²) in [5, 5.41) is 0. The first kappa shape index (κ1) is 34.3. The second-order valence-corrected chi connectivity index (χ2v) is 11.0. The Bertz CT molecular complexity index is 784. The molecular formula is C26H49I2N7. The average molecular weight is 714 g/mol. The number of nitrogens with two attached hydrogens (primary N) is 2. The molecule has 0 bridgehead atoms. The molecule has 0 unspecified atom stereocenters. The Morgan fingerprint density at radius 3 is 2.26 bits per heavy atom. The monoisotopic (exact) mass is 713 g/mol. The van der Waals surface area contributed by atoms with Crippen LogP contribution in [0.2, 0.25) is 0 Å². The second kappa shape index (κ2) is 17.0. The highest BCUT2D eigenvalue weighted by Crippen LogP contribution is 2.17. The van der Waals surface area contributed by atoms with E-state index in [2.05, 4.69) is 62.4 Å². The van der Waals surface area contributed by atoms with Crippen LogP contribution in [-0.2, 0) is 12.8 Å². The number of aliphatic imine (C=N–C) groups is 2. The predicted molar refractivity (Wildman–Crippen MR) is 141 cm³/mol. The molecule has 4 N–H and O–H groups in total. The zero-order chi connectivity index (χ0) is 24.3. The van der Waals surface area contributed by atoms with Crippen molar-refractivity contribution in [1.82, 2.24) is 4.90 Å². The van der Waals surface area contributed by atoms with Gasteiger partial charge < -0.3 is 73.3 Å². The molecule has 1 aromatic rings. The van der Waals surface area contributed by atoms with Crippen LogP contribution in [0.4, 0.5) is 0 Å². The van der Waals surface area contributed by atoms with Crippen LogP contribution in [0.25, 0.3) is 0 Å². The third kappa shape index (κ3) is 14.6. The van der Waals surface area contributed by atoms with E-state index in [0.29, 0.717) is 12.5 Å². The molecule has 0 amide bonds. The lowest BCUT2D eigenvalue weighted by molar-refractivity contribution is -0.914. The maximum Gasteiger partial charge on any atom is 0.218 e. The normalized spacial score (nSPS) is 16.3. The van der Waals surface area contributed by atoms with Gasteiger partial charge in [-0.3, -0.25) is 4.99 Å². The van der Waals surface area contributed by atoms with Crippen molar-refractivity contribution in [2.24, 2.45) is 21.5 Å². The molecule has 0 aromatic heterocycles. The summed E-state index contributed by atoms with van der Waals surface area (Å²) in [6.45, 7) is 6.53. The second-order valence-electron chi connectivity index (χ2n) is 11.0. The molecule has 1 aromatic carbocycles. The third-order valence-corrected chi connectivity index (χ3v) is 6.69. The number of guanidine groups is 2. The molecule has 0 spiro atoms. The van der Waals surface area contributed by atoms with E-state index in [1.165, 1.54) is 60.9 Å². The van der Waals surface area contributed by atoms with Crippen molar-refractivity contribution >= 4 is 11.9 Å². The molecule has 1 fully saturated rings. The Labute approximate surface area is 248 Å². The van der Waals surface area contributed by atoms with Crippen molar-refractivity contribution in [2.75, 3.05) is 74.5 Å². The summed E-state index contributed by atoms with van der Waals surface area (Å²) >= 11 is 0. The van der Waals surface area contributed by atoms with Crippen molar-refractivity contribution < 1.29 is 56.9 Å². The first-order valence-electron chi connectivity index (χ1n) is 12.6. The summed E-state index contributed by atoms with van der Waals surface area (Å²) < 4.78 is 2.20. The van der Waals surface area contributed by atoms with Gasteiger partial charge in [0, 0.05) is 26.6 Å². The van der Waals surface area contributed by atoms with E-state index in [9.17, 15) is 0 Å². The minimum absolute atomic E-state index is 0. The van der Waals surface area contributed by atoms with E-state index in [0.717, 1.165) is 36.8 Å². The predicted octanol–water partition coefficient (Wildman–Crippen LogP) is -3.54. The van der Waals surface area contributed by atoms with Crippen LogP contribution >= 0.6 is 0 Å². The smallest absolute Gasteiger partial charge is 0.218 e. The number of unbranched alkanes of at least 4 members (excludes halogenated alkanes) is 1. The maximum absolute atomic E-state index is 6.15. The molecule has 0 radical (unpaired) electrons. The van der Waals surface area contributed by atoms with Gasteiger partial charge >= 0.3 is 0 Å². The number of nitrogens with zero attached hydrogens (tertiary/aromatic N) is 5. The summed E-state index contributed by atoms with van der Waals surface area (Å²) in [5.74, 6) is 0.698. The van der Waals surface area contributed by atoms with Gasteiger partial charge in [0.15, 0.2) is 5.96 Å². The quantitative estimate of drug-likeness (QED) is 0.0821. The van der Waals surface area contributed by atoms with Gasteiger partial charge in [-0.1, -0.05) is 24.3 Å². The number of halogens is 2. The standard InChI is InChI=1S/C26H49N7.2HI/c1-31(17-7-10-20-33(5)18-8-6-9-19-33)26(28)30-25(27)29-16-14-23-12-11-13-24(22-23)15-21-32(2,3)4;;/h11-13,22H,6-10,14-21H2,1-5H3,(H4,27,28,29,30);2*1H/q+2;;/p-2. The molecule has 35 heavy (non-hydrogen) atoms. The van der Waals surface area contributed by atoms with E-state index in [1.54, 1.807) is 0 Å². The van der Waals surface area contributed by atoms with Crippen molar-refractivity contribution in [2.45, 2.75) is 44.9 Å². The van der Waals surface area contributed by atoms with E-state index in [1.807, 2.05) is 11.9 Å². The molecule has 0 saturated carbocycles. The average Bonchev–Trinajstić information content (AvgIpc) is 2.75. The first-order valence-corrected chi connectivity index (χ1v) is 12.6. The molecule has 1 aliphatic rings. The number of rotatable bonds is 11. The molecule has 1 saturated heterocycles. The van der Waals surface area contributed by atoms with Crippen molar-refractivity contribution in [3.8, 4) is 0 Å². The topological polar surface area (TPSA) is 80.0 Å². The van der Waals surface area contributed by atoms with Gasteiger partial charge in [-0.2, -0.15) is 4.99 Å². The fourth-order valence-corrected chi connectivity index (χ4v) is 4.40. The highest BCUT2D eigenvalue weighted by Gasteiger charge is 2.23. The fraction of sp³-hybridized carbons (Fsp3) is 0.692. The number of benzene rings is 1. The SMILES string of the molecule is CN(CCCC[N+]1(C)CCCCC1)C(N)=NC(N)=NCCc1cccc(CC[N+](C)(C)C)c1.[I-].[I-]. The van der Waals surface area contributed by atoms with Crippen LogP contribution in [-0.4, -0.2) is 100 Å². The number of likely N-dealkylation sites (tertiary alicyclic amines) is 1. The summed E-state index contributed by atoms with van der Waals surface area (Å²) in [5.41, 5.74) is 14.8. The van der Waals surface area contributed by atoms with Crippen molar-refractivity contribution in [3.05, 3.63) is 35.4 Å². The molecule has 0 atom stereocenters. The Balaban J connectivity index is 0.00000578. The van der Waals surface area contributed by atoms with Gasteiger partial charge in [0.05, 0.1) is 54.4 Å². The molecule has 1 aliphatic heterocycles. The summed E-state index contributed by atoms with van der Waals surface area (Å²) in [6, 6.07) is 8.76. The Kier molecular flexibility index (Phi) is 16.6. The van der Waals surface area contributed by atoms with E-state index in [-0.39, 0.29) is 53.9 Å². The maximum atomic E-state index is 6.15. The number of piperidine rings is 1. The van der Waals surface area contributed by atoms with E-state index >= 15 is 0 Å². The Morgan fingerprint density at radius 1 is 1.00 bits per heavy atom. The number of quaternary nitrogens is 2. The van der Waals surface area contributed by atoms with Gasteiger partial charge in [-0.25, -0.2) is 0 Å². The van der Waals surface area contributed by atoms with E-state index in [4.69, 9.17) is 11.5 Å². The van der Waals surface area contributed by atoms with Crippen LogP contribution in [0.5, 0.6) is 0 Å². The van der Waals surface area contributed by atoms with Crippen LogP contribution in [0.15, 0.2) is 34.3 Å². The van der Waals surface area contributed by atoms with Crippen molar-refractivity contribution in [1.29, 1.82) is 0 Å². The number of hydrogen-bond acceptors (Lipinski definition) is 1. The molecule has 202 valence electrons. The minimum atomic E-state index is 0. The van der Waals surface area contributed by atoms with Crippen LogP contribution < -0.4 is 59.4 Å². The van der Waals surface area contributed by atoms with Crippen LogP contribution in [0, 0.1) is 0 Å². The molecule has 2 rings (SSSR count). The Morgan fingerprint density at radius 2 is 1.63 bits per heavy atom. The fourth-order valence-electron chi connectivity index (χ4n) is 4.40. The highest BCUT2D eigenvalue weighted by molar-refractivity contribution is 5.93. The highest BCUT2D eigenvalue weighted by atomic mass is 127. The van der Waals surface area contributed by atoms with Crippen LogP contribution in [0.3, 0.4) is 0 Å². The Hall–Kier alpha value is -0.660. The third-order valence-electron chi connectivity index (χ3n) is 6.69. The van der Waals surface area contributed by atoms with Gasteiger partial charge in [0.1, 0.15) is 0 Å². The van der Waals surface area contributed by atoms with Gasteiger partial charge in [-0.05, 0) is 49.7 Å². The largest absolute Gasteiger partial charge is 1.00 e. The number of likely N-dealkylation sites (N-methyl/N-ethyl adjacent to an activating group) is 1. The molecule has 1 heterocycles. The van der Waals surface area contributed by atoms with Gasteiger partial charge in [0.25, 0.3) is 0 Å². The first-order chi connectivity index (χ1) is 15.6. The lowest BCUT2D eigenvalue weighted by atomic mass is 10.1. The number of hydrogen-bond donors (Lipinski definition) is 2. The molecule has 7 nitrogen and oxygen atoms in total. The zero-order valence-corrected chi connectivity index (χ0v) is 27.0. The lowest BCUT2D eigenvalue weighted by Crippen LogP contribution is -3.00. The van der Waals surface area contributed by atoms with Crippen LogP contribution in [0.1, 0.15) is 43.2 Å². The molecular weight excluding hydrogens is 664 g/mol. The molecule has 0 aliphatic carbocycles. The summed E-state index contributed by atoms with van der Waals surface area (Å²) in [4.78, 5) is 10.7. The zero-order valence-electron chi connectivity index (χ0n) is 22.6.